The highest BCUT2D eigenvalue weighted by atomic mass is 32.2. The van der Waals surface area contributed by atoms with E-state index in [1.165, 1.54) is 11.8 Å². The molecule has 0 amide bonds. The first-order chi connectivity index (χ1) is 7.82. The molecule has 1 aromatic heterocycles. The van der Waals surface area contributed by atoms with Crippen molar-refractivity contribution in [2.75, 3.05) is 5.75 Å². The van der Waals surface area contributed by atoms with E-state index in [-0.39, 0.29) is 16.6 Å². The fourth-order valence-electron chi connectivity index (χ4n) is 1.30. The molecule has 0 aliphatic rings. The fraction of sp³-hybridized carbons (Fsp3) is 0.545. The summed E-state index contributed by atoms with van der Waals surface area (Å²) in [5.41, 5.74) is -0.975. The molecule has 1 N–H and O–H groups in total. The van der Waals surface area contributed by atoms with Crippen LogP contribution in [-0.2, 0) is 6.18 Å². The summed E-state index contributed by atoms with van der Waals surface area (Å²) in [7, 11) is 0. The van der Waals surface area contributed by atoms with Crippen LogP contribution in [0, 0.1) is 0 Å². The molecule has 1 heterocycles. The average molecular weight is 265 g/mol. The molecule has 96 valence electrons. The summed E-state index contributed by atoms with van der Waals surface area (Å²) in [5, 5.41) is 10.0. The van der Waals surface area contributed by atoms with Gasteiger partial charge in [-0.1, -0.05) is 13.8 Å². The molecule has 0 spiro atoms. The molecule has 0 saturated heterocycles. The number of aliphatic hydroxyl groups excluding tert-OH is 1. The summed E-state index contributed by atoms with van der Waals surface area (Å²) in [4.78, 5) is 3.64. The molecular weight excluding hydrogens is 251 g/mol. The fourth-order valence-corrected chi connectivity index (χ4v) is 2.05. The monoisotopic (exact) mass is 265 g/mol. The summed E-state index contributed by atoms with van der Waals surface area (Å²) in [5.74, 6) is 0.229. The Kier molecular flexibility index (Phi) is 4.82. The molecule has 1 aromatic rings. The number of halogens is 3. The predicted molar refractivity (Wildman–Crippen MR) is 61.8 cm³/mol. The van der Waals surface area contributed by atoms with Gasteiger partial charge in [0.1, 0.15) is 0 Å². The van der Waals surface area contributed by atoms with Crippen LogP contribution in [0.15, 0.2) is 18.5 Å². The first-order valence-electron chi connectivity index (χ1n) is 5.13. The van der Waals surface area contributed by atoms with Crippen molar-refractivity contribution < 1.29 is 18.3 Å². The highest BCUT2D eigenvalue weighted by Crippen LogP contribution is 2.35. The normalized spacial score (nSPS) is 14.1. The lowest BCUT2D eigenvalue weighted by molar-refractivity contribution is -0.139. The van der Waals surface area contributed by atoms with E-state index in [0.717, 1.165) is 18.5 Å². The number of pyridine rings is 1. The Bertz CT molecular complexity index is 368. The van der Waals surface area contributed by atoms with Crippen LogP contribution in [0.3, 0.4) is 0 Å². The average Bonchev–Trinajstić information content (AvgIpc) is 2.24. The highest BCUT2D eigenvalue weighted by Gasteiger charge is 2.34. The Morgan fingerprint density at radius 2 is 2.06 bits per heavy atom. The number of nitrogens with zero attached hydrogens (tertiary/aromatic N) is 1. The van der Waals surface area contributed by atoms with Gasteiger partial charge >= 0.3 is 6.18 Å². The molecule has 6 heteroatoms. The lowest BCUT2D eigenvalue weighted by Gasteiger charge is -2.17. The third kappa shape index (κ3) is 4.20. The van der Waals surface area contributed by atoms with Gasteiger partial charge in [-0.05, 0) is 11.3 Å². The Morgan fingerprint density at radius 3 is 2.59 bits per heavy atom. The zero-order valence-electron chi connectivity index (χ0n) is 9.53. The van der Waals surface area contributed by atoms with Gasteiger partial charge < -0.3 is 5.11 Å². The van der Waals surface area contributed by atoms with Crippen molar-refractivity contribution >= 4 is 11.8 Å². The number of hydrogen-bond donors (Lipinski definition) is 1. The maximum atomic E-state index is 12.7. The molecule has 0 saturated carbocycles. The van der Waals surface area contributed by atoms with Crippen LogP contribution in [-0.4, -0.2) is 21.1 Å². The molecule has 1 unspecified atom stereocenters. The van der Waals surface area contributed by atoms with Gasteiger partial charge in [0.15, 0.2) is 0 Å². The lowest BCUT2D eigenvalue weighted by atomic mass is 10.1. The first kappa shape index (κ1) is 14.3. The van der Waals surface area contributed by atoms with E-state index in [4.69, 9.17) is 0 Å². The van der Waals surface area contributed by atoms with Gasteiger partial charge in [-0.15, -0.1) is 0 Å². The molecule has 0 radical (unpaired) electrons. The van der Waals surface area contributed by atoms with E-state index in [9.17, 15) is 18.3 Å². The summed E-state index contributed by atoms with van der Waals surface area (Å²) < 4.78 is 38.0. The third-order valence-corrected chi connectivity index (χ3v) is 3.28. The van der Waals surface area contributed by atoms with Gasteiger partial charge in [0.25, 0.3) is 0 Å². The van der Waals surface area contributed by atoms with E-state index >= 15 is 0 Å². The minimum Gasteiger partial charge on any atom is -0.387 e. The summed E-state index contributed by atoms with van der Waals surface area (Å²) in [6, 6.07) is 0.887. The second kappa shape index (κ2) is 5.73. The largest absolute Gasteiger partial charge is 0.416 e. The van der Waals surface area contributed by atoms with Gasteiger partial charge in [-0.25, -0.2) is 0 Å². The third-order valence-electron chi connectivity index (χ3n) is 2.10. The van der Waals surface area contributed by atoms with Crippen molar-refractivity contribution in [2.24, 2.45) is 0 Å². The molecule has 1 atom stereocenters. The quantitative estimate of drug-likeness (QED) is 0.907. The number of aromatic nitrogens is 1. The summed E-state index contributed by atoms with van der Waals surface area (Å²) >= 11 is 1.41. The SMILES string of the molecule is CC(C)SCC(O)c1cnccc1C(F)(F)F. The predicted octanol–water partition coefficient (Wildman–Crippen LogP) is 3.28. The van der Waals surface area contributed by atoms with Crippen molar-refractivity contribution in [1.82, 2.24) is 4.98 Å². The number of thioether (sulfide) groups is 1. The van der Waals surface area contributed by atoms with Gasteiger partial charge in [-0.3, -0.25) is 4.98 Å². The molecule has 0 aliphatic heterocycles. The maximum absolute atomic E-state index is 12.7. The Morgan fingerprint density at radius 1 is 1.41 bits per heavy atom. The van der Waals surface area contributed by atoms with Crippen LogP contribution in [0.4, 0.5) is 13.2 Å². The zero-order valence-corrected chi connectivity index (χ0v) is 10.3. The van der Waals surface area contributed by atoms with Crippen molar-refractivity contribution in [2.45, 2.75) is 31.4 Å². The molecule has 0 bridgehead atoms. The zero-order chi connectivity index (χ0) is 13.1. The minimum absolute atomic E-state index is 0.159. The van der Waals surface area contributed by atoms with Crippen LogP contribution >= 0.6 is 11.8 Å². The van der Waals surface area contributed by atoms with Gasteiger partial charge in [0.05, 0.1) is 11.7 Å². The first-order valence-corrected chi connectivity index (χ1v) is 6.18. The number of alkyl halides is 3. The topological polar surface area (TPSA) is 33.1 Å². The Balaban J connectivity index is 2.89. The summed E-state index contributed by atoms with van der Waals surface area (Å²) in [6.07, 6.45) is -3.45. The summed E-state index contributed by atoms with van der Waals surface area (Å²) in [6.45, 7) is 3.84. The van der Waals surface area contributed by atoms with Crippen molar-refractivity contribution in [3.8, 4) is 0 Å². The van der Waals surface area contributed by atoms with Crippen molar-refractivity contribution in [1.29, 1.82) is 0 Å². The van der Waals surface area contributed by atoms with Crippen molar-refractivity contribution in [3.63, 3.8) is 0 Å². The lowest BCUT2D eigenvalue weighted by Crippen LogP contribution is -2.14. The molecule has 0 fully saturated rings. The molecule has 0 aliphatic carbocycles. The molecule has 0 aromatic carbocycles. The standard InChI is InChI=1S/C11H14F3NOS/c1-7(2)17-6-10(16)8-5-15-4-3-9(8)11(12,13)14/h3-5,7,10,16H,6H2,1-2H3. The van der Waals surface area contributed by atoms with Gasteiger partial charge in [-0.2, -0.15) is 24.9 Å². The Labute approximate surface area is 102 Å². The van der Waals surface area contributed by atoms with E-state index < -0.39 is 17.8 Å². The van der Waals surface area contributed by atoms with Crippen LogP contribution in [0.1, 0.15) is 31.1 Å². The molecular formula is C11H14F3NOS. The number of aliphatic hydroxyl groups is 1. The van der Waals surface area contributed by atoms with Crippen molar-refractivity contribution in [3.05, 3.63) is 29.6 Å². The second-order valence-electron chi connectivity index (χ2n) is 3.86. The minimum atomic E-state index is -4.46. The van der Waals surface area contributed by atoms with Gasteiger partial charge in [0.2, 0.25) is 0 Å². The highest BCUT2D eigenvalue weighted by molar-refractivity contribution is 7.99. The number of hydrogen-bond acceptors (Lipinski definition) is 3. The van der Waals surface area contributed by atoms with E-state index in [0.29, 0.717) is 0 Å². The van der Waals surface area contributed by atoms with E-state index in [1.807, 2.05) is 13.8 Å². The maximum Gasteiger partial charge on any atom is 0.416 e. The molecule has 1 rings (SSSR count). The van der Waals surface area contributed by atoms with Crippen LogP contribution in [0.25, 0.3) is 0 Å². The van der Waals surface area contributed by atoms with E-state index in [1.54, 1.807) is 0 Å². The Hall–Kier alpha value is -0.750. The van der Waals surface area contributed by atoms with E-state index in [2.05, 4.69) is 4.98 Å². The van der Waals surface area contributed by atoms with Crippen LogP contribution in [0.5, 0.6) is 0 Å². The second-order valence-corrected chi connectivity index (χ2v) is 5.47. The smallest absolute Gasteiger partial charge is 0.387 e. The van der Waals surface area contributed by atoms with Crippen LogP contribution in [0.2, 0.25) is 0 Å². The molecule has 17 heavy (non-hydrogen) atoms. The van der Waals surface area contributed by atoms with Crippen LogP contribution < -0.4 is 0 Å². The number of rotatable bonds is 4. The molecule has 2 nitrogen and oxygen atoms in total. The van der Waals surface area contributed by atoms with Gasteiger partial charge in [0, 0.05) is 23.7 Å².